The highest BCUT2D eigenvalue weighted by Gasteiger charge is 2.10. The van der Waals surface area contributed by atoms with Gasteiger partial charge in [0.25, 0.3) is 5.91 Å². The molecule has 0 atom stereocenters. The summed E-state index contributed by atoms with van der Waals surface area (Å²) in [5.74, 6) is -0.285. The number of pyridine rings is 1. The topological polar surface area (TPSA) is 54.0 Å². The molecule has 1 heterocycles. The number of amides is 1. The summed E-state index contributed by atoms with van der Waals surface area (Å²) in [4.78, 5) is 16.3. The molecule has 0 aliphatic heterocycles. The summed E-state index contributed by atoms with van der Waals surface area (Å²) in [5.41, 5.74) is 1.73. The van der Waals surface area contributed by atoms with E-state index in [1.165, 1.54) is 6.20 Å². The average molecular weight is 324 g/mol. The van der Waals surface area contributed by atoms with Gasteiger partial charge in [-0.2, -0.15) is 0 Å². The van der Waals surface area contributed by atoms with E-state index in [1.54, 1.807) is 30.5 Å². The van der Waals surface area contributed by atoms with E-state index >= 15 is 0 Å². The van der Waals surface area contributed by atoms with E-state index in [0.717, 1.165) is 18.7 Å². The van der Waals surface area contributed by atoms with Crippen LogP contribution in [0.3, 0.4) is 0 Å². The van der Waals surface area contributed by atoms with Gasteiger partial charge in [0.15, 0.2) is 0 Å². The number of nitrogens with one attached hydrogen (secondary N) is 2. The molecule has 2 N–H and O–H groups in total. The van der Waals surface area contributed by atoms with Gasteiger partial charge in [0, 0.05) is 24.0 Å². The van der Waals surface area contributed by atoms with Crippen molar-refractivity contribution in [2.75, 3.05) is 17.2 Å². The molecule has 110 valence electrons. The summed E-state index contributed by atoms with van der Waals surface area (Å²) < 4.78 is 0. The Morgan fingerprint density at radius 3 is 2.81 bits per heavy atom. The van der Waals surface area contributed by atoms with Gasteiger partial charge < -0.3 is 10.6 Å². The van der Waals surface area contributed by atoms with Crippen molar-refractivity contribution in [1.29, 1.82) is 0 Å². The van der Waals surface area contributed by atoms with Gasteiger partial charge in [-0.15, -0.1) is 0 Å². The Balaban J connectivity index is 2.14. The Hall–Kier alpha value is -1.78. The SMILES string of the molecule is CCCNc1cncc(C(=O)Nc2cc(Cl)ccc2Cl)c1. The number of carbonyl (C=O) groups is 1. The van der Waals surface area contributed by atoms with E-state index in [1.807, 2.05) is 0 Å². The molecular weight excluding hydrogens is 309 g/mol. The number of hydrogen-bond acceptors (Lipinski definition) is 3. The monoisotopic (exact) mass is 323 g/mol. The zero-order valence-electron chi connectivity index (χ0n) is 11.5. The van der Waals surface area contributed by atoms with Crippen molar-refractivity contribution in [3.8, 4) is 0 Å². The number of anilines is 2. The van der Waals surface area contributed by atoms with Gasteiger partial charge in [-0.1, -0.05) is 30.1 Å². The van der Waals surface area contributed by atoms with Crippen molar-refractivity contribution in [2.45, 2.75) is 13.3 Å². The lowest BCUT2D eigenvalue weighted by molar-refractivity contribution is 0.102. The summed E-state index contributed by atoms with van der Waals surface area (Å²) in [6.45, 7) is 2.89. The molecule has 2 rings (SSSR count). The maximum atomic E-state index is 12.2. The van der Waals surface area contributed by atoms with Crippen LogP contribution >= 0.6 is 23.2 Å². The molecule has 1 aromatic carbocycles. The van der Waals surface area contributed by atoms with Crippen LogP contribution in [-0.4, -0.2) is 17.4 Å². The van der Waals surface area contributed by atoms with Crippen LogP contribution in [0.25, 0.3) is 0 Å². The first kappa shape index (κ1) is 15.6. The van der Waals surface area contributed by atoms with Crippen LogP contribution < -0.4 is 10.6 Å². The zero-order chi connectivity index (χ0) is 15.2. The molecule has 1 amide bonds. The van der Waals surface area contributed by atoms with E-state index < -0.39 is 0 Å². The van der Waals surface area contributed by atoms with E-state index in [0.29, 0.717) is 21.3 Å². The highest BCUT2D eigenvalue weighted by atomic mass is 35.5. The fourth-order valence-electron chi connectivity index (χ4n) is 1.72. The van der Waals surface area contributed by atoms with Gasteiger partial charge >= 0.3 is 0 Å². The third-order valence-electron chi connectivity index (χ3n) is 2.76. The average Bonchev–Trinajstić information content (AvgIpc) is 2.49. The van der Waals surface area contributed by atoms with E-state index in [-0.39, 0.29) is 5.91 Å². The molecule has 0 aliphatic carbocycles. The molecule has 0 bridgehead atoms. The van der Waals surface area contributed by atoms with Crippen molar-refractivity contribution < 1.29 is 4.79 Å². The Bertz CT molecular complexity index is 647. The van der Waals surface area contributed by atoms with Crippen LogP contribution in [0.15, 0.2) is 36.7 Å². The lowest BCUT2D eigenvalue weighted by Crippen LogP contribution is -2.13. The molecule has 0 spiro atoms. The molecule has 0 unspecified atom stereocenters. The molecule has 0 saturated carbocycles. The second-order valence-electron chi connectivity index (χ2n) is 4.47. The highest BCUT2D eigenvalue weighted by Crippen LogP contribution is 2.26. The summed E-state index contributed by atoms with van der Waals surface area (Å²) in [6.07, 6.45) is 4.18. The number of halogens is 2. The van der Waals surface area contributed by atoms with Crippen LogP contribution in [-0.2, 0) is 0 Å². The minimum absolute atomic E-state index is 0.285. The van der Waals surface area contributed by atoms with Gasteiger partial charge in [0.05, 0.1) is 22.0 Å². The molecule has 21 heavy (non-hydrogen) atoms. The summed E-state index contributed by atoms with van der Waals surface area (Å²) >= 11 is 11.9. The fourth-order valence-corrected chi connectivity index (χ4v) is 2.05. The van der Waals surface area contributed by atoms with Crippen LogP contribution in [0.1, 0.15) is 23.7 Å². The second kappa shape index (κ2) is 7.29. The van der Waals surface area contributed by atoms with Gasteiger partial charge in [-0.25, -0.2) is 0 Å². The number of aromatic nitrogens is 1. The van der Waals surface area contributed by atoms with Gasteiger partial charge in [-0.05, 0) is 30.7 Å². The smallest absolute Gasteiger partial charge is 0.257 e. The van der Waals surface area contributed by atoms with Crippen LogP contribution in [0.5, 0.6) is 0 Å². The molecule has 1 aromatic heterocycles. The summed E-state index contributed by atoms with van der Waals surface area (Å²) in [5, 5.41) is 6.85. The quantitative estimate of drug-likeness (QED) is 0.853. The summed E-state index contributed by atoms with van der Waals surface area (Å²) in [6, 6.07) is 6.65. The van der Waals surface area contributed by atoms with Crippen molar-refractivity contribution in [2.24, 2.45) is 0 Å². The predicted octanol–water partition coefficient (Wildman–Crippen LogP) is 4.46. The fraction of sp³-hybridized carbons (Fsp3) is 0.200. The normalized spacial score (nSPS) is 10.2. The predicted molar refractivity (Wildman–Crippen MR) is 87.4 cm³/mol. The van der Waals surface area contributed by atoms with Crippen molar-refractivity contribution >= 4 is 40.5 Å². The van der Waals surface area contributed by atoms with Gasteiger partial charge in [0.1, 0.15) is 0 Å². The lowest BCUT2D eigenvalue weighted by atomic mass is 10.2. The van der Waals surface area contributed by atoms with Crippen LogP contribution in [0.4, 0.5) is 11.4 Å². The molecule has 0 saturated heterocycles. The maximum Gasteiger partial charge on any atom is 0.257 e. The maximum absolute atomic E-state index is 12.2. The largest absolute Gasteiger partial charge is 0.384 e. The van der Waals surface area contributed by atoms with Crippen molar-refractivity contribution in [1.82, 2.24) is 4.98 Å². The minimum atomic E-state index is -0.285. The molecule has 6 heteroatoms. The molecule has 0 radical (unpaired) electrons. The van der Waals surface area contributed by atoms with Crippen molar-refractivity contribution in [3.05, 3.63) is 52.3 Å². The second-order valence-corrected chi connectivity index (χ2v) is 5.31. The Labute approximate surface area is 133 Å². The van der Waals surface area contributed by atoms with Gasteiger partial charge in [-0.3, -0.25) is 9.78 Å². The zero-order valence-corrected chi connectivity index (χ0v) is 13.0. The number of hydrogen-bond donors (Lipinski definition) is 2. The number of carbonyl (C=O) groups excluding carboxylic acids is 1. The number of benzene rings is 1. The third-order valence-corrected chi connectivity index (χ3v) is 3.32. The Morgan fingerprint density at radius 1 is 1.24 bits per heavy atom. The van der Waals surface area contributed by atoms with Crippen molar-refractivity contribution in [3.63, 3.8) is 0 Å². The van der Waals surface area contributed by atoms with E-state index in [4.69, 9.17) is 23.2 Å². The van der Waals surface area contributed by atoms with Gasteiger partial charge in [0.2, 0.25) is 0 Å². The first-order chi connectivity index (χ1) is 10.1. The van der Waals surface area contributed by atoms with Crippen LogP contribution in [0, 0.1) is 0 Å². The van der Waals surface area contributed by atoms with E-state index in [9.17, 15) is 4.79 Å². The number of nitrogens with zero attached hydrogens (tertiary/aromatic N) is 1. The van der Waals surface area contributed by atoms with E-state index in [2.05, 4.69) is 22.5 Å². The lowest BCUT2D eigenvalue weighted by Gasteiger charge is -2.09. The molecule has 0 fully saturated rings. The third kappa shape index (κ3) is 4.34. The Kier molecular flexibility index (Phi) is 5.42. The first-order valence-corrected chi connectivity index (χ1v) is 7.31. The summed E-state index contributed by atoms with van der Waals surface area (Å²) in [7, 11) is 0. The standard InChI is InChI=1S/C15H15Cl2N3O/c1-2-5-19-12-6-10(8-18-9-12)15(21)20-14-7-11(16)3-4-13(14)17/h3-4,6-9,19H,2,5H2,1H3,(H,20,21). The Morgan fingerprint density at radius 2 is 2.05 bits per heavy atom. The van der Waals surface area contributed by atoms with Crippen LogP contribution in [0.2, 0.25) is 10.0 Å². The molecule has 4 nitrogen and oxygen atoms in total. The molecule has 2 aromatic rings. The highest BCUT2D eigenvalue weighted by molar-refractivity contribution is 6.35. The first-order valence-electron chi connectivity index (χ1n) is 6.55. The molecule has 0 aliphatic rings. The number of rotatable bonds is 5. The minimum Gasteiger partial charge on any atom is -0.384 e. The molecular formula is C15H15Cl2N3O.